The number of halogens is 8. The fourth-order valence-electron chi connectivity index (χ4n) is 5.23. The third kappa shape index (κ3) is 5.84. The Hall–Kier alpha value is -1.42. The number of alkyl halides is 6. The molecule has 1 aromatic carbocycles. The van der Waals surface area contributed by atoms with Crippen molar-refractivity contribution in [2.75, 3.05) is 13.2 Å². The molecule has 2 nitrogen and oxygen atoms in total. The second kappa shape index (κ2) is 11.5. The molecule has 3 rings (SSSR count). The average Bonchev–Trinajstić information content (AvgIpc) is 2.82. The first-order chi connectivity index (χ1) is 16.9. The van der Waals surface area contributed by atoms with Gasteiger partial charge in [0, 0.05) is 6.42 Å². The van der Waals surface area contributed by atoms with Gasteiger partial charge in [0.15, 0.2) is 17.9 Å². The largest absolute Gasteiger partial charge is 0.352 e. The quantitative estimate of drug-likeness (QED) is 0.224. The average molecular weight is 531 g/mol. The summed E-state index contributed by atoms with van der Waals surface area (Å²) in [5, 5.41) is 0. The molecule has 0 amide bonds. The van der Waals surface area contributed by atoms with Gasteiger partial charge in [0.1, 0.15) is 0 Å². The Balaban J connectivity index is 1.71. The zero-order chi connectivity index (χ0) is 26.7. The van der Waals surface area contributed by atoms with Gasteiger partial charge in [-0.15, -0.1) is 0 Å². The molecule has 1 aliphatic heterocycles. The van der Waals surface area contributed by atoms with E-state index in [1.807, 2.05) is 6.92 Å². The van der Waals surface area contributed by atoms with Gasteiger partial charge >= 0.3 is 11.8 Å². The van der Waals surface area contributed by atoms with Crippen molar-refractivity contribution >= 4 is 0 Å². The van der Waals surface area contributed by atoms with Crippen LogP contribution in [0.25, 0.3) is 0 Å². The maximum absolute atomic E-state index is 15.0. The molecule has 0 bridgehead atoms. The third-order valence-corrected chi connectivity index (χ3v) is 7.39. The molecule has 1 saturated carbocycles. The van der Waals surface area contributed by atoms with E-state index in [0.29, 0.717) is 12.8 Å². The van der Waals surface area contributed by atoms with Crippen molar-refractivity contribution in [1.29, 1.82) is 0 Å². The summed E-state index contributed by atoms with van der Waals surface area (Å²) in [5.74, 6) is -22.8. The molecule has 2 unspecified atom stereocenters. The lowest BCUT2D eigenvalue weighted by atomic mass is 9.71. The van der Waals surface area contributed by atoms with Crippen LogP contribution in [0.15, 0.2) is 12.1 Å². The minimum Gasteiger partial charge on any atom is -0.352 e. The Morgan fingerprint density at radius 1 is 0.889 bits per heavy atom. The van der Waals surface area contributed by atoms with E-state index in [1.54, 1.807) is 6.92 Å². The van der Waals surface area contributed by atoms with E-state index in [0.717, 1.165) is 19.3 Å². The van der Waals surface area contributed by atoms with Crippen LogP contribution in [0, 0.1) is 23.5 Å². The Morgan fingerprint density at radius 2 is 1.56 bits per heavy atom. The zero-order valence-electron chi connectivity index (χ0n) is 20.6. The summed E-state index contributed by atoms with van der Waals surface area (Å²) in [6.07, 6.45) is 0.317. The normalized spacial score (nSPS) is 27.3. The SMILES string of the molecule is CCCCCC1OCC(C(F)(F)C(F)(F)C2CCC(c3ccc(CCC)c(F)c3F)CC2(F)F)CO1. The summed E-state index contributed by atoms with van der Waals surface area (Å²) in [6, 6.07) is 2.48. The van der Waals surface area contributed by atoms with Crippen LogP contribution in [0.5, 0.6) is 0 Å². The smallest absolute Gasteiger partial charge is 0.319 e. The highest BCUT2D eigenvalue weighted by Crippen LogP contribution is 2.57. The van der Waals surface area contributed by atoms with Gasteiger partial charge in [0.25, 0.3) is 5.92 Å². The highest BCUT2D eigenvalue weighted by molar-refractivity contribution is 5.30. The van der Waals surface area contributed by atoms with Crippen molar-refractivity contribution in [3.05, 3.63) is 34.9 Å². The molecule has 0 aromatic heterocycles. The van der Waals surface area contributed by atoms with Crippen LogP contribution in [-0.4, -0.2) is 37.3 Å². The van der Waals surface area contributed by atoms with Gasteiger partial charge in [-0.25, -0.2) is 17.6 Å². The van der Waals surface area contributed by atoms with Crippen LogP contribution in [0.2, 0.25) is 0 Å². The van der Waals surface area contributed by atoms with Gasteiger partial charge in [0.05, 0.1) is 25.0 Å². The lowest BCUT2D eigenvalue weighted by Crippen LogP contribution is -2.60. The molecule has 0 N–H and O–H groups in total. The maximum atomic E-state index is 15.0. The predicted octanol–water partition coefficient (Wildman–Crippen LogP) is 8.28. The van der Waals surface area contributed by atoms with E-state index < -0.39 is 85.9 Å². The highest BCUT2D eigenvalue weighted by atomic mass is 19.3. The summed E-state index contributed by atoms with van der Waals surface area (Å²) < 4.78 is 129. The van der Waals surface area contributed by atoms with Gasteiger partial charge in [0.2, 0.25) is 0 Å². The molecular formula is C26H34F8O2. The van der Waals surface area contributed by atoms with E-state index >= 15 is 8.78 Å². The second-order valence-corrected chi connectivity index (χ2v) is 10.0. The summed E-state index contributed by atoms with van der Waals surface area (Å²) in [4.78, 5) is 0. The molecule has 1 aliphatic carbocycles. The van der Waals surface area contributed by atoms with Crippen molar-refractivity contribution in [1.82, 2.24) is 0 Å². The molecule has 2 aliphatic rings. The van der Waals surface area contributed by atoms with Gasteiger partial charge in [-0.3, -0.25) is 0 Å². The standard InChI is InChI=1S/C26H34F8O2/c1-3-5-6-8-21-35-14-18(15-36-21)25(31,32)26(33,34)20-12-10-17(13-24(20,29)30)19-11-9-16(7-4-2)22(27)23(19)28/h9,11,17-18,20-21H,3-8,10,12-15H2,1-2H3. The third-order valence-electron chi connectivity index (χ3n) is 7.39. The molecule has 1 aromatic rings. The molecule has 0 spiro atoms. The van der Waals surface area contributed by atoms with Gasteiger partial charge in [-0.1, -0.05) is 45.2 Å². The molecule has 0 radical (unpaired) electrons. The summed E-state index contributed by atoms with van der Waals surface area (Å²) >= 11 is 0. The van der Waals surface area contributed by atoms with Gasteiger partial charge in [-0.2, -0.15) is 17.6 Å². The first kappa shape index (κ1) is 29.1. The zero-order valence-corrected chi connectivity index (χ0v) is 20.6. The Bertz CT molecular complexity index is 868. The van der Waals surface area contributed by atoms with Crippen LogP contribution in [0.3, 0.4) is 0 Å². The van der Waals surface area contributed by atoms with E-state index in [2.05, 4.69) is 0 Å². The highest BCUT2D eigenvalue weighted by Gasteiger charge is 2.70. The number of hydrogen-bond donors (Lipinski definition) is 0. The first-order valence-electron chi connectivity index (χ1n) is 12.7. The first-order valence-corrected chi connectivity index (χ1v) is 12.7. The van der Waals surface area contributed by atoms with E-state index in [9.17, 15) is 26.3 Å². The molecule has 36 heavy (non-hydrogen) atoms. The summed E-state index contributed by atoms with van der Waals surface area (Å²) in [5.41, 5.74) is -0.251. The second-order valence-electron chi connectivity index (χ2n) is 10.0. The van der Waals surface area contributed by atoms with Crippen molar-refractivity contribution in [3.63, 3.8) is 0 Å². The minimum atomic E-state index is -5.05. The monoisotopic (exact) mass is 530 g/mol. The number of unbranched alkanes of at least 4 members (excludes halogenated alkanes) is 2. The van der Waals surface area contributed by atoms with E-state index in [-0.39, 0.29) is 17.5 Å². The summed E-state index contributed by atoms with van der Waals surface area (Å²) in [6.45, 7) is 2.28. The Labute approximate surface area is 206 Å². The fourth-order valence-corrected chi connectivity index (χ4v) is 5.23. The van der Waals surface area contributed by atoms with E-state index in [1.165, 1.54) is 12.1 Å². The van der Waals surface area contributed by atoms with Crippen molar-refractivity contribution in [2.45, 2.75) is 102 Å². The molecule has 10 heteroatoms. The summed E-state index contributed by atoms with van der Waals surface area (Å²) in [7, 11) is 0. The maximum Gasteiger partial charge on any atom is 0.319 e. The van der Waals surface area contributed by atoms with Crippen LogP contribution >= 0.6 is 0 Å². The van der Waals surface area contributed by atoms with E-state index in [4.69, 9.17) is 9.47 Å². The van der Waals surface area contributed by atoms with Gasteiger partial charge < -0.3 is 9.47 Å². The van der Waals surface area contributed by atoms with Crippen LogP contribution in [0.4, 0.5) is 35.1 Å². The lowest BCUT2D eigenvalue weighted by molar-refractivity contribution is -0.328. The van der Waals surface area contributed by atoms with Crippen LogP contribution in [0.1, 0.15) is 82.3 Å². The fraction of sp³-hybridized carbons (Fsp3) is 0.769. The Morgan fingerprint density at radius 3 is 2.14 bits per heavy atom. The molecule has 1 heterocycles. The number of ether oxygens (including phenoxy) is 2. The number of hydrogen-bond acceptors (Lipinski definition) is 2. The number of rotatable bonds is 10. The predicted molar refractivity (Wildman–Crippen MR) is 119 cm³/mol. The van der Waals surface area contributed by atoms with Crippen molar-refractivity contribution < 1.29 is 44.6 Å². The molecule has 206 valence electrons. The number of benzene rings is 1. The van der Waals surface area contributed by atoms with Crippen LogP contribution in [-0.2, 0) is 15.9 Å². The van der Waals surface area contributed by atoms with Gasteiger partial charge in [-0.05, 0) is 49.1 Å². The van der Waals surface area contributed by atoms with Crippen LogP contribution < -0.4 is 0 Å². The lowest BCUT2D eigenvalue weighted by Gasteiger charge is -2.45. The van der Waals surface area contributed by atoms with Crippen molar-refractivity contribution in [3.8, 4) is 0 Å². The number of aryl methyl sites for hydroxylation is 1. The minimum absolute atomic E-state index is 0.0925. The molecule has 2 atom stereocenters. The van der Waals surface area contributed by atoms with Crippen molar-refractivity contribution in [2.24, 2.45) is 11.8 Å². The molecular weight excluding hydrogens is 496 g/mol. The molecule has 2 fully saturated rings. The topological polar surface area (TPSA) is 18.5 Å². The Kier molecular flexibility index (Phi) is 9.34. The molecule has 1 saturated heterocycles.